The summed E-state index contributed by atoms with van der Waals surface area (Å²) in [5.74, 6) is 2.46. The van der Waals surface area contributed by atoms with Crippen molar-refractivity contribution in [2.45, 2.75) is 0 Å². The third kappa shape index (κ3) is 2.95. The minimum absolute atomic E-state index is 0.143. The van der Waals surface area contributed by atoms with E-state index in [-0.39, 0.29) is 23.7 Å². The molecule has 2 aromatic rings. The molecule has 0 aromatic heterocycles. The number of ether oxygens (including phenoxy) is 1. The first-order chi connectivity index (χ1) is 11.5. The minimum Gasteiger partial charge on any atom is -0.479 e. The third-order valence-corrected chi connectivity index (χ3v) is 4.72. The number of fused-ring (bicyclic) bond motifs is 1. The molecular weight excluding hydrogens is 436 g/mol. The molecule has 0 atom stereocenters. The van der Waals surface area contributed by atoms with E-state index in [1.807, 2.05) is 0 Å². The molecule has 0 saturated heterocycles. The molecule has 0 fully saturated rings. The standard InChI is InChI=1S/C19H10Br2O3/c1-2-7-24-19-15(20)9-11(10-16(19)21)8-14-17(22)12-5-3-4-6-13(12)18(14)23/h1,3-6,8-10H,7H2. The van der Waals surface area contributed by atoms with Crippen molar-refractivity contribution < 1.29 is 14.3 Å². The highest BCUT2D eigenvalue weighted by atomic mass is 79.9. The Hall–Kier alpha value is -2.16. The second-order valence-electron chi connectivity index (χ2n) is 5.07. The fourth-order valence-corrected chi connectivity index (χ4v) is 3.94. The van der Waals surface area contributed by atoms with Crippen LogP contribution in [-0.4, -0.2) is 18.2 Å². The van der Waals surface area contributed by atoms with Crippen LogP contribution in [-0.2, 0) is 0 Å². The summed E-state index contributed by atoms with van der Waals surface area (Å²) in [6, 6.07) is 10.4. The predicted octanol–water partition coefficient (Wildman–Crippen LogP) is 4.69. The molecule has 0 aliphatic heterocycles. The summed E-state index contributed by atoms with van der Waals surface area (Å²) >= 11 is 6.83. The van der Waals surface area contributed by atoms with Crippen LogP contribution in [0.15, 0.2) is 50.9 Å². The number of benzene rings is 2. The minimum atomic E-state index is -0.254. The average Bonchev–Trinajstić information content (AvgIpc) is 2.80. The zero-order chi connectivity index (χ0) is 17.3. The lowest BCUT2D eigenvalue weighted by molar-refractivity contribution is 0.0990. The molecule has 0 spiro atoms. The quantitative estimate of drug-likeness (QED) is 0.391. The third-order valence-electron chi connectivity index (χ3n) is 3.54. The van der Waals surface area contributed by atoms with Crippen LogP contribution < -0.4 is 4.74 Å². The number of Topliss-reactive ketones (excluding diaryl/α,β-unsaturated/α-hetero) is 2. The molecule has 24 heavy (non-hydrogen) atoms. The lowest BCUT2D eigenvalue weighted by Gasteiger charge is -2.09. The van der Waals surface area contributed by atoms with Gasteiger partial charge in [-0.2, -0.15) is 0 Å². The molecule has 5 heteroatoms. The van der Waals surface area contributed by atoms with Crippen LogP contribution in [0.3, 0.4) is 0 Å². The monoisotopic (exact) mass is 444 g/mol. The Morgan fingerprint density at radius 1 is 1.04 bits per heavy atom. The maximum Gasteiger partial charge on any atom is 0.197 e. The SMILES string of the molecule is C#CCOc1c(Br)cc(C=C2C(=O)c3ccccc3C2=O)cc1Br. The van der Waals surface area contributed by atoms with E-state index in [1.165, 1.54) is 0 Å². The van der Waals surface area contributed by atoms with E-state index in [4.69, 9.17) is 11.2 Å². The van der Waals surface area contributed by atoms with Gasteiger partial charge in [0.15, 0.2) is 11.6 Å². The molecule has 0 N–H and O–H groups in total. The maximum absolute atomic E-state index is 12.4. The molecular formula is C19H10Br2O3. The number of hydrogen-bond acceptors (Lipinski definition) is 3. The number of carbonyl (C=O) groups is 2. The molecule has 2 aromatic carbocycles. The number of ketones is 2. The Balaban J connectivity index is 2.00. The van der Waals surface area contributed by atoms with Crippen molar-refractivity contribution >= 4 is 49.5 Å². The molecule has 0 unspecified atom stereocenters. The Kier molecular flexibility index (Phi) is 4.70. The van der Waals surface area contributed by atoms with Gasteiger partial charge in [-0.1, -0.05) is 30.2 Å². The van der Waals surface area contributed by atoms with E-state index in [2.05, 4.69) is 37.8 Å². The van der Waals surface area contributed by atoms with Crippen molar-refractivity contribution in [1.29, 1.82) is 0 Å². The first kappa shape index (κ1) is 16.7. The molecule has 0 radical (unpaired) electrons. The number of allylic oxidation sites excluding steroid dienone is 1. The Morgan fingerprint density at radius 3 is 2.08 bits per heavy atom. The van der Waals surface area contributed by atoms with E-state index < -0.39 is 0 Å². The van der Waals surface area contributed by atoms with Crippen LogP contribution in [0.4, 0.5) is 0 Å². The van der Waals surface area contributed by atoms with Gasteiger partial charge in [0.05, 0.1) is 14.5 Å². The van der Waals surface area contributed by atoms with Crippen molar-refractivity contribution in [2.24, 2.45) is 0 Å². The summed E-state index contributed by atoms with van der Waals surface area (Å²) in [6.07, 6.45) is 6.79. The molecule has 0 bridgehead atoms. The smallest absolute Gasteiger partial charge is 0.197 e. The average molecular weight is 446 g/mol. The number of rotatable bonds is 3. The van der Waals surface area contributed by atoms with Crippen molar-refractivity contribution in [3.05, 3.63) is 67.6 Å². The molecule has 0 amide bonds. The molecule has 0 saturated carbocycles. The molecule has 0 heterocycles. The van der Waals surface area contributed by atoms with Gasteiger partial charge < -0.3 is 4.74 Å². The number of hydrogen-bond donors (Lipinski definition) is 0. The molecule has 1 aliphatic rings. The second-order valence-corrected chi connectivity index (χ2v) is 6.78. The predicted molar refractivity (Wildman–Crippen MR) is 99.3 cm³/mol. The molecule has 118 valence electrons. The zero-order valence-electron chi connectivity index (χ0n) is 12.3. The second kappa shape index (κ2) is 6.76. The van der Waals surface area contributed by atoms with Gasteiger partial charge in [-0.15, -0.1) is 6.42 Å². The molecule has 1 aliphatic carbocycles. The summed E-state index contributed by atoms with van der Waals surface area (Å²) < 4.78 is 6.80. The van der Waals surface area contributed by atoms with Gasteiger partial charge in [-0.05, 0) is 55.6 Å². The van der Waals surface area contributed by atoms with E-state index in [9.17, 15) is 9.59 Å². The summed E-state index contributed by atoms with van der Waals surface area (Å²) in [6.45, 7) is 0.143. The van der Waals surface area contributed by atoms with E-state index >= 15 is 0 Å². The summed E-state index contributed by atoms with van der Waals surface area (Å²) in [5, 5.41) is 0. The Labute approximate surface area is 156 Å². The highest BCUT2D eigenvalue weighted by Crippen LogP contribution is 2.36. The van der Waals surface area contributed by atoms with Crippen molar-refractivity contribution in [3.63, 3.8) is 0 Å². The fourth-order valence-electron chi connectivity index (χ4n) is 2.48. The normalized spacial score (nSPS) is 12.8. The first-order valence-electron chi connectivity index (χ1n) is 6.98. The topological polar surface area (TPSA) is 43.4 Å². The number of carbonyl (C=O) groups excluding carboxylic acids is 2. The lowest BCUT2D eigenvalue weighted by atomic mass is 10.1. The van der Waals surface area contributed by atoms with Crippen LogP contribution in [0.25, 0.3) is 6.08 Å². The van der Waals surface area contributed by atoms with Gasteiger partial charge in [0.2, 0.25) is 0 Å². The van der Waals surface area contributed by atoms with Crippen molar-refractivity contribution in [2.75, 3.05) is 6.61 Å². The van der Waals surface area contributed by atoms with Crippen LogP contribution in [0.1, 0.15) is 26.3 Å². The van der Waals surface area contributed by atoms with E-state index in [0.29, 0.717) is 31.4 Å². The number of terminal acetylenes is 1. The van der Waals surface area contributed by atoms with Crippen LogP contribution in [0, 0.1) is 12.3 Å². The largest absolute Gasteiger partial charge is 0.479 e. The first-order valence-corrected chi connectivity index (χ1v) is 8.57. The summed E-state index contributed by atoms with van der Waals surface area (Å²) in [7, 11) is 0. The highest BCUT2D eigenvalue weighted by molar-refractivity contribution is 9.11. The number of halogens is 2. The van der Waals surface area contributed by atoms with Crippen molar-refractivity contribution in [1.82, 2.24) is 0 Å². The summed E-state index contributed by atoms with van der Waals surface area (Å²) in [4.78, 5) is 24.9. The fraction of sp³-hybridized carbons (Fsp3) is 0.0526. The molecule has 3 rings (SSSR count). The van der Waals surface area contributed by atoms with E-state index in [0.717, 1.165) is 0 Å². The van der Waals surface area contributed by atoms with Gasteiger partial charge in [0.25, 0.3) is 0 Å². The maximum atomic E-state index is 12.4. The van der Waals surface area contributed by atoms with Gasteiger partial charge in [-0.25, -0.2) is 0 Å². The van der Waals surface area contributed by atoms with Gasteiger partial charge in [0.1, 0.15) is 12.4 Å². The summed E-state index contributed by atoms with van der Waals surface area (Å²) in [5.41, 5.74) is 1.75. The van der Waals surface area contributed by atoms with Crippen LogP contribution in [0.5, 0.6) is 5.75 Å². The van der Waals surface area contributed by atoms with Gasteiger partial charge >= 0.3 is 0 Å². The Bertz CT molecular complexity index is 876. The van der Waals surface area contributed by atoms with Crippen molar-refractivity contribution in [3.8, 4) is 18.1 Å². The van der Waals surface area contributed by atoms with Crippen LogP contribution >= 0.6 is 31.9 Å². The van der Waals surface area contributed by atoms with E-state index in [1.54, 1.807) is 42.5 Å². The lowest BCUT2D eigenvalue weighted by Crippen LogP contribution is -2.00. The highest BCUT2D eigenvalue weighted by Gasteiger charge is 2.32. The van der Waals surface area contributed by atoms with Gasteiger partial charge in [0, 0.05) is 11.1 Å². The Morgan fingerprint density at radius 2 is 1.58 bits per heavy atom. The molecule has 3 nitrogen and oxygen atoms in total. The van der Waals surface area contributed by atoms with Crippen LogP contribution in [0.2, 0.25) is 0 Å². The zero-order valence-corrected chi connectivity index (χ0v) is 15.5. The van der Waals surface area contributed by atoms with Gasteiger partial charge in [-0.3, -0.25) is 9.59 Å².